The number of aromatic amines is 1. The Hall–Kier alpha value is -3.55. The van der Waals surface area contributed by atoms with E-state index in [-0.39, 0.29) is 45.0 Å². The Morgan fingerprint density at radius 3 is 2.44 bits per heavy atom. The van der Waals surface area contributed by atoms with Gasteiger partial charge in [0.15, 0.2) is 11.5 Å². The average molecular weight is 688 g/mol. The molecule has 2 N–H and O–H groups in total. The molecule has 0 bridgehead atoms. The topological polar surface area (TPSA) is 133 Å². The normalized spacial score (nSPS) is 16.2. The molecule has 2 aromatic carbocycles. The zero-order valence-corrected chi connectivity index (χ0v) is 26.5. The highest BCUT2D eigenvalue weighted by Gasteiger charge is 2.53. The van der Waals surface area contributed by atoms with Crippen LogP contribution in [0.25, 0.3) is 0 Å². The molecule has 45 heavy (non-hydrogen) atoms. The third-order valence-electron chi connectivity index (χ3n) is 7.64. The van der Waals surface area contributed by atoms with Crippen molar-refractivity contribution in [2.45, 2.75) is 50.2 Å². The summed E-state index contributed by atoms with van der Waals surface area (Å²) >= 11 is 12.7. The van der Waals surface area contributed by atoms with E-state index in [9.17, 15) is 26.8 Å². The summed E-state index contributed by atoms with van der Waals surface area (Å²) in [4.78, 5) is 28.7. The Kier molecular flexibility index (Phi) is 9.52. The largest absolute Gasteiger partial charge is 0.495 e. The van der Waals surface area contributed by atoms with Crippen LogP contribution < -0.4 is 24.5 Å². The van der Waals surface area contributed by atoms with Gasteiger partial charge in [-0.1, -0.05) is 35.3 Å². The van der Waals surface area contributed by atoms with Crippen LogP contribution in [-0.4, -0.2) is 46.0 Å². The second kappa shape index (κ2) is 13.1. The van der Waals surface area contributed by atoms with E-state index in [1.807, 2.05) is 0 Å². The van der Waals surface area contributed by atoms with E-state index in [0.29, 0.717) is 36.5 Å². The summed E-state index contributed by atoms with van der Waals surface area (Å²) in [5, 5.41) is -0.0736. The number of rotatable bonds is 14. The van der Waals surface area contributed by atoms with Gasteiger partial charge in [-0.15, -0.1) is 0 Å². The quantitative estimate of drug-likeness (QED) is 0.197. The summed E-state index contributed by atoms with van der Waals surface area (Å²) in [5.74, 6) is -0.217. The van der Waals surface area contributed by atoms with Crippen LogP contribution in [0.15, 0.2) is 47.4 Å². The molecule has 0 amide bonds. The number of ether oxygens (including phenoxy) is 4. The van der Waals surface area contributed by atoms with Crippen LogP contribution in [0, 0.1) is 5.92 Å². The van der Waals surface area contributed by atoms with Gasteiger partial charge in [-0.05, 0) is 67.0 Å². The Bertz CT molecular complexity index is 1760. The maximum atomic E-state index is 13.9. The van der Waals surface area contributed by atoms with Crippen molar-refractivity contribution in [2.75, 3.05) is 24.7 Å². The Morgan fingerprint density at radius 2 is 1.82 bits per heavy atom. The van der Waals surface area contributed by atoms with Gasteiger partial charge in [0.05, 0.1) is 36.1 Å². The van der Waals surface area contributed by atoms with Gasteiger partial charge < -0.3 is 23.9 Å². The minimum absolute atomic E-state index is 0.0385. The highest BCUT2D eigenvalue weighted by Crippen LogP contribution is 2.51. The Labute approximate surface area is 268 Å². The second-order valence-electron chi connectivity index (χ2n) is 11.1. The van der Waals surface area contributed by atoms with Gasteiger partial charge in [-0.2, -0.15) is 8.78 Å². The van der Waals surface area contributed by atoms with Gasteiger partial charge in [0, 0.05) is 18.2 Å². The number of halogens is 4. The molecule has 1 unspecified atom stereocenters. The van der Waals surface area contributed by atoms with Gasteiger partial charge in [-0.25, -0.2) is 8.42 Å². The third-order valence-corrected chi connectivity index (χ3v) is 8.96. The average Bonchev–Trinajstić information content (AvgIpc) is 3.90. The summed E-state index contributed by atoms with van der Waals surface area (Å²) in [6, 6.07) is 8.93. The predicted octanol–water partition coefficient (Wildman–Crippen LogP) is 6.01. The zero-order chi connectivity index (χ0) is 32.5. The van der Waals surface area contributed by atoms with Crippen molar-refractivity contribution in [3.63, 3.8) is 0 Å². The van der Waals surface area contributed by atoms with Crippen molar-refractivity contribution in [2.24, 2.45) is 5.92 Å². The van der Waals surface area contributed by atoms with Gasteiger partial charge in [0.1, 0.15) is 16.9 Å². The SMILES string of the molecule is COc1ccc(C2(C(=O)OC(Cc3c(Cl)c[nH]c(=O)c3Cl)c3ccc(OC(F)F)c(OCC4CC4)c3)CC2)cc1NS(C)(=O)=O. The van der Waals surface area contributed by atoms with E-state index in [1.54, 1.807) is 12.1 Å². The van der Waals surface area contributed by atoms with E-state index in [2.05, 4.69) is 14.4 Å². The molecule has 0 saturated heterocycles. The minimum atomic E-state index is -3.66. The third kappa shape index (κ3) is 7.82. The van der Waals surface area contributed by atoms with Gasteiger partial charge in [-0.3, -0.25) is 14.3 Å². The molecule has 15 heteroatoms. The highest BCUT2D eigenvalue weighted by atomic mass is 35.5. The van der Waals surface area contributed by atoms with Crippen LogP contribution >= 0.6 is 23.2 Å². The monoisotopic (exact) mass is 686 g/mol. The van der Waals surface area contributed by atoms with Gasteiger partial charge in [0.2, 0.25) is 10.0 Å². The summed E-state index contributed by atoms with van der Waals surface area (Å²) in [5.41, 5.74) is -0.486. The maximum absolute atomic E-state index is 13.9. The lowest BCUT2D eigenvalue weighted by Crippen LogP contribution is -2.27. The van der Waals surface area contributed by atoms with Crippen LogP contribution in [0.1, 0.15) is 48.5 Å². The molecule has 0 aliphatic heterocycles. The fraction of sp³-hybridized carbons (Fsp3) is 0.400. The van der Waals surface area contributed by atoms with Crippen molar-refractivity contribution in [3.05, 3.63) is 79.7 Å². The lowest BCUT2D eigenvalue weighted by Gasteiger charge is -2.24. The first-order valence-electron chi connectivity index (χ1n) is 13.9. The van der Waals surface area contributed by atoms with Crippen LogP contribution in [-0.2, 0) is 31.4 Å². The standard InChI is InChI=1S/C30H30Cl2F2N2O8S/c1-41-22-8-6-18(12-21(22)36-45(2,39)40)30(9-10-30)28(38)43-24(13-19-20(31)14-35-27(37)26(19)32)17-5-7-23(44-29(33)34)25(11-17)42-15-16-3-4-16/h5-8,11-12,14,16,24,29,36H,3-4,9-10,13,15H2,1-2H3,(H,35,37). The maximum Gasteiger partial charge on any atom is 0.387 e. The lowest BCUT2D eigenvalue weighted by molar-refractivity contribution is -0.152. The molecular formula is C30H30Cl2F2N2O8S. The van der Waals surface area contributed by atoms with Crippen LogP contribution in [0.2, 0.25) is 10.0 Å². The molecule has 1 atom stereocenters. The molecule has 2 aliphatic carbocycles. The van der Waals surface area contributed by atoms with E-state index in [4.69, 9.17) is 37.4 Å². The number of esters is 1. The first-order valence-corrected chi connectivity index (χ1v) is 16.6. The summed E-state index contributed by atoms with van der Waals surface area (Å²) in [6.07, 6.45) is 3.77. The molecule has 1 aromatic heterocycles. The molecule has 1 heterocycles. The van der Waals surface area contributed by atoms with Gasteiger partial charge in [0.25, 0.3) is 5.56 Å². The van der Waals surface area contributed by atoms with Crippen LogP contribution in [0.3, 0.4) is 0 Å². The molecule has 2 aliphatic rings. The van der Waals surface area contributed by atoms with Crippen molar-refractivity contribution < 1.29 is 40.9 Å². The number of H-pyrrole nitrogens is 1. The van der Waals surface area contributed by atoms with E-state index in [0.717, 1.165) is 19.1 Å². The Morgan fingerprint density at radius 1 is 1.11 bits per heavy atom. The predicted molar refractivity (Wildman–Crippen MR) is 163 cm³/mol. The van der Waals surface area contributed by atoms with Crippen molar-refractivity contribution in [1.29, 1.82) is 0 Å². The van der Waals surface area contributed by atoms with Crippen molar-refractivity contribution in [3.8, 4) is 17.2 Å². The van der Waals surface area contributed by atoms with Crippen LogP contribution in [0.4, 0.5) is 14.5 Å². The number of nitrogens with one attached hydrogen (secondary N) is 2. The first-order chi connectivity index (χ1) is 21.3. The number of carbonyl (C=O) groups is 1. The van der Waals surface area contributed by atoms with Crippen LogP contribution in [0.5, 0.6) is 17.2 Å². The number of anilines is 1. The number of methoxy groups -OCH3 is 1. The number of aromatic nitrogens is 1. The number of carbonyl (C=O) groups excluding carboxylic acids is 1. The number of hydrogen-bond donors (Lipinski definition) is 2. The minimum Gasteiger partial charge on any atom is -0.495 e. The second-order valence-corrected chi connectivity index (χ2v) is 13.6. The molecular weight excluding hydrogens is 657 g/mol. The zero-order valence-electron chi connectivity index (χ0n) is 24.2. The summed E-state index contributed by atoms with van der Waals surface area (Å²) < 4.78 is 74.5. The molecule has 2 saturated carbocycles. The van der Waals surface area contributed by atoms with E-state index >= 15 is 0 Å². The molecule has 3 aromatic rings. The molecule has 2 fully saturated rings. The van der Waals surface area contributed by atoms with Crippen molar-refractivity contribution >= 4 is 44.9 Å². The number of hydrogen-bond acceptors (Lipinski definition) is 8. The molecule has 10 nitrogen and oxygen atoms in total. The molecule has 242 valence electrons. The fourth-order valence-corrected chi connectivity index (χ4v) is 5.97. The Balaban J connectivity index is 1.51. The summed E-state index contributed by atoms with van der Waals surface area (Å²) in [6.45, 7) is -2.80. The number of benzene rings is 2. The smallest absolute Gasteiger partial charge is 0.387 e. The number of alkyl halides is 2. The summed E-state index contributed by atoms with van der Waals surface area (Å²) in [7, 11) is -2.27. The molecule has 0 radical (unpaired) electrons. The highest BCUT2D eigenvalue weighted by molar-refractivity contribution is 7.92. The fourth-order valence-electron chi connectivity index (χ4n) is 4.91. The van der Waals surface area contributed by atoms with E-state index < -0.39 is 39.7 Å². The van der Waals surface area contributed by atoms with Crippen molar-refractivity contribution in [1.82, 2.24) is 4.98 Å². The lowest BCUT2D eigenvalue weighted by atomic mass is 9.94. The number of pyridine rings is 1. The van der Waals surface area contributed by atoms with Gasteiger partial charge >= 0.3 is 12.6 Å². The first kappa shape index (κ1) is 32.8. The van der Waals surface area contributed by atoms with E-state index in [1.165, 1.54) is 37.6 Å². The molecule has 0 spiro atoms. The number of sulfonamides is 1. The molecule has 5 rings (SSSR count).